The zero-order valence-electron chi connectivity index (χ0n) is 11.6. The van der Waals surface area contributed by atoms with Gasteiger partial charge in [0.1, 0.15) is 0 Å². The molecule has 1 rings (SSSR count). The topological polar surface area (TPSA) is 72.2 Å². The van der Waals surface area contributed by atoms with E-state index in [9.17, 15) is 8.42 Å². The smallest absolute Gasteiger partial charge is 0.240 e. The summed E-state index contributed by atoms with van der Waals surface area (Å²) in [7, 11) is -3.38. The maximum atomic E-state index is 11.9. The van der Waals surface area contributed by atoms with Crippen molar-refractivity contribution in [2.75, 3.05) is 12.3 Å². The first-order valence-electron chi connectivity index (χ1n) is 6.91. The van der Waals surface area contributed by atoms with E-state index in [2.05, 4.69) is 11.6 Å². The van der Waals surface area contributed by atoms with E-state index in [4.69, 9.17) is 5.73 Å². The molecule has 3 N–H and O–H groups in total. The molecule has 108 valence electrons. The zero-order chi connectivity index (χ0) is 14.1. The van der Waals surface area contributed by atoms with Gasteiger partial charge in [0.05, 0.1) is 4.90 Å². The lowest BCUT2D eigenvalue weighted by Crippen LogP contribution is -2.24. The Morgan fingerprint density at radius 3 is 2.21 bits per heavy atom. The number of nitrogens with one attached hydrogen (secondary N) is 1. The molecule has 0 unspecified atom stereocenters. The Morgan fingerprint density at radius 2 is 1.58 bits per heavy atom. The third kappa shape index (κ3) is 6.07. The van der Waals surface area contributed by atoms with Crippen LogP contribution >= 0.6 is 0 Å². The lowest BCUT2D eigenvalue weighted by molar-refractivity contribution is 0.567. The molecule has 1 aromatic rings. The van der Waals surface area contributed by atoms with E-state index in [0.29, 0.717) is 12.2 Å². The Hall–Kier alpha value is -1.07. The number of sulfonamides is 1. The van der Waals surface area contributed by atoms with E-state index in [1.165, 1.54) is 37.8 Å². The first kappa shape index (κ1) is 16.0. The normalized spacial score (nSPS) is 11.6. The molecule has 0 aromatic heterocycles. The van der Waals surface area contributed by atoms with Crippen LogP contribution in [-0.4, -0.2) is 15.0 Å². The minimum absolute atomic E-state index is 0.271. The number of nitrogens with two attached hydrogens (primary N) is 1. The van der Waals surface area contributed by atoms with Crippen molar-refractivity contribution in [3.8, 4) is 0 Å². The molecule has 0 fully saturated rings. The Bertz CT molecular complexity index is 455. The SMILES string of the molecule is CCCCCCCCNS(=O)(=O)c1ccc(N)cc1. The molecule has 19 heavy (non-hydrogen) atoms. The van der Waals surface area contributed by atoms with Crippen LogP contribution in [0.25, 0.3) is 0 Å². The molecule has 0 atom stereocenters. The van der Waals surface area contributed by atoms with Gasteiger partial charge in [0.2, 0.25) is 10.0 Å². The number of hydrogen-bond donors (Lipinski definition) is 2. The lowest BCUT2D eigenvalue weighted by Gasteiger charge is -2.07. The highest BCUT2D eigenvalue weighted by atomic mass is 32.2. The van der Waals surface area contributed by atoms with Crippen LogP contribution in [0.3, 0.4) is 0 Å². The Balaban J connectivity index is 2.29. The summed E-state index contributed by atoms with van der Waals surface area (Å²) in [6, 6.07) is 6.25. The maximum absolute atomic E-state index is 11.9. The van der Waals surface area contributed by atoms with E-state index in [0.717, 1.165) is 12.8 Å². The summed E-state index contributed by atoms with van der Waals surface area (Å²) < 4.78 is 26.5. The monoisotopic (exact) mass is 284 g/mol. The van der Waals surface area contributed by atoms with Gasteiger partial charge in [-0.3, -0.25) is 0 Å². The molecule has 0 heterocycles. The van der Waals surface area contributed by atoms with Crippen LogP contribution in [0.2, 0.25) is 0 Å². The van der Waals surface area contributed by atoms with Crippen molar-refractivity contribution in [1.82, 2.24) is 4.72 Å². The number of benzene rings is 1. The summed E-state index contributed by atoms with van der Waals surface area (Å²) in [5.41, 5.74) is 6.10. The van der Waals surface area contributed by atoms with Crippen LogP contribution in [0, 0.1) is 0 Å². The largest absolute Gasteiger partial charge is 0.399 e. The Kier molecular flexibility index (Phi) is 6.87. The van der Waals surface area contributed by atoms with Gasteiger partial charge in [0, 0.05) is 12.2 Å². The van der Waals surface area contributed by atoms with Crippen molar-refractivity contribution in [3.05, 3.63) is 24.3 Å². The third-order valence-corrected chi connectivity index (χ3v) is 4.49. The number of nitrogen functional groups attached to an aromatic ring is 1. The number of unbranched alkanes of at least 4 members (excludes halogenated alkanes) is 5. The average Bonchev–Trinajstić information content (AvgIpc) is 2.38. The molecule has 0 amide bonds. The van der Waals surface area contributed by atoms with Crippen molar-refractivity contribution in [3.63, 3.8) is 0 Å². The highest BCUT2D eigenvalue weighted by molar-refractivity contribution is 7.89. The van der Waals surface area contributed by atoms with Gasteiger partial charge in [-0.05, 0) is 30.7 Å². The van der Waals surface area contributed by atoms with Crippen molar-refractivity contribution >= 4 is 15.7 Å². The standard InChI is InChI=1S/C14H24N2O2S/c1-2-3-4-5-6-7-12-16-19(17,18)14-10-8-13(15)9-11-14/h8-11,16H,2-7,12,15H2,1H3. The van der Waals surface area contributed by atoms with Crippen molar-refractivity contribution in [2.24, 2.45) is 0 Å². The van der Waals surface area contributed by atoms with E-state index >= 15 is 0 Å². The molecule has 5 heteroatoms. The molecule has 0 saturated carbocycles. The van der Waals surface area contributed by atoms with Gasteiger partial charge in [0.25, 0.3) is 0 Å². The van der Waals surface area contributed by atoms with E-state index in [1.807, 2.05) is 0 Å². The molecule has 0 radical (unpaired) electrons. The fourth-order valence-corrected chi connectivity index (χ4v) is 2.92. The Labute approximate surface area is 116 Å². The first-order valence-corrected chi connectivity index (χ1v) is 8.40. The molecule has 0 aliphatic carbocycles. The molecular formula is C14H24N2O2S. The molecule has 0 aliphatic rings. The highest BCUT2D eigenvalue weighted by Gasteiger charge is 2.12. The summed E-state index contributed by atoms with van der Waals surface area (Å²) in [5, 5.41) is 0. The molecule has 0 saturated heterocycles. The fourth-order valence-electron chi connectivity index (χ4n) is 1.84. The van der Waals surface area contributed by atoms with Crippen molar-refractivity contribution in [2.45, 2.75) is 50.3 Å². The van der Waals surface area contributed by atoms with E-state index in [1.54, 1.807) is 12.1 Å². The summed E-state index contributed by atoms with van der Waals surface area (Å²) in [6.07, 6.45) is 6.86. The second-order valence-corrected chi connectivity index (χ2v) is 6.50. The van der Waals surface area contributed by atoms with E-state index < -0.39 is 10.0 Å². The average molecular weight is 284 g/mol. The minimum Gasteiger partial charge on any atom is -0.399 e. The quantitative estimate of drug-likeness (QED) is 0.541. The summed E-state index contributed by atoms with van der Waals surface area (Å²) in [5.74, 6) is 0. The molecule has 1 aromatic carbocycles. The van der Waals surface area contributed by atoms with Gasteiger partial charge < -0.3 is 5.73 Å². The van der Waals surface area contributed by atoms with Gasteiger partial charge in [-0.15, -0.1) is 0 Å². The van der Waals surface area contributed by atoms with Crippen LogP contribution in [0.4, 0.5) is 5.69 Å². The van der Waals surface area contributed by atoms with Gasteiger partial charge in [-0.1, -0.05) is 39.0 Å². The van der Waals surface area contributed by atoms with Crippen molar-refractivity contribution < 1.29 is 8.42 Å². The predicted molar refractivity (Wildman–Crippen MR) is 79.4 cm³/mol. The van der Waals surface area contributed by atoms with E-state index in [-0.39, 0.29) is 4.90 Å². The lowest BCUT2D eigenvalue weighted by atomic mass is 10.1. The number of rotatable bonds is 9. The molecule has 0 aliphatic heterocycles. The summed E-state index contributed by atoms with van der Waals surface area (Å²) in [6.45, 7) is 2.68. The van der Waals surface area contributed by atoms with Gasteiger partial charge in [-0.25, -0.2) is 13.1 Å². The molecule has 0 spiro atoms. The number of hydrogen-bond acceptors (Lipinski definition) is 3. The van der Waals surface area contributed by atoms with Crippen LogP contribution < -0.4 is 10.5 Å². The second kappa shape index (κ2) is 8.17. The summed E-state index contributed by atoms with van der Waals surface area (Å²) >= 11 is 0. The molecule has 0 bridgehead atoms. The molecular weight excluding hydrogens is 260 g/mol. The van der Waals surface area contributed by atoms with Gasteiger partial charge >= 0.3 is 0 Å². The first-order chi connectivity index (χ1) is 9.06. The van der Waals surface area contributed by atoms with Gasteiger partial charge in [0.15, 0.2) is 0 Å². The third-order valence-electron chi connectivity index (χ3n) is 3.01. The van der Waals surface area contributed by atoms with Crippen LogP contribution in [0.15, 0.2) is 29.2 Å². The van der Waals surface area contributed by atoms with Crippen LogP contribution in [0.5, 0.6) is 0 Å². The second-order valence-electron chi connectivity index (χ2n) is 4.73. The fraction of sp³-hybridized carbons (Fsp3) is 0.571. The van der Waals surface area contributed by atoms with Crippen LogP contribution in [0.1, 0.15) is 45.4 Å². The Morgan fingerprint density at radius 1 is 1.00 bits per heavy atom. The van der Waals surface area contributed by atoms with Gasteiger partial charge in [-0.2, -0.15) is 0 Å². The number of anilines is 1. The van der Waals surface area contributed by atoms with Crippen molar-refractivity contribution in [1.29, 1.82) is 0 Å². The highest BCUT2D eigenvalue weighted by Crippen LogP contribution is 2.11. The predicted octanol–water partition coefficient (Wildman–Crippen LogP) is 2.91. The molecule has 4 nitrogen and oxygen atoms in total. The zero-order valence-corrected chi connectivity index (χ0v) is 12.4. The maximum Gasteiger partial charge on any atom is 0.240 e. The van der Waals surface area contributed by atoms with Crippen LogP contribution in [-0.2, 0) is 10.0 Å². The summed E-state index contributed by atoms with van der Waals surface area (Å²) in [4.78, 5) is 0.271. The minimum atomic E-state index is -3.38.